The lowest BCUT2D eigenvalue weighted by atomic mass is 10.2. The second-order valence-electron chi connectivity index (χ2n) is 7.00. The van der Waals surface area contributed by atoms with E-state index < -0.39 is 0 Å². The molecule has 5 nitrogen and oxygen atoms in total. The van der Waals surface area contributed by atoms with E-state index in [0.29, 0.717) is 31.1 Å². The van der Waals surface area contributed by atoms with Gasteiger partial charge in [-0.15, -0.1) is 0 Å². The van der Waals surface area contributed by atoms with Crippen molar-refractivity contribution in [2.45, 2.75) is 26.4 Å². The van der Waals surface area contributed by atoms with Crippen molar-refractivity contribution in [1.82, 2.24) is 5.43 Å². The van der Waals surface area contributed by atoms with Gasteiger partial charge in [0.25, 0.3) is 0 Å². The Kier molecular flexibility index (Phi) is 8.49. The number of nitrogens with zero attached hydrogens (tertiary/aromatic N) is 1. The van der Waals surface area contributed by atoms with Crippen molar-refractivity contribution in [3.63, 3.8) is 0 Å². The molecule has 0 fully saturated rings. The Hall–Kier alpha value is -3.31. The largest absolute Gasteiger partial charge is 0.493 e. The molecule has 0 aliphatic heterocycles. The molecule has 160 valence electrons. The molecule has 0 unspecified atom stereocenters. The SMILES string of the molecule is Cc1cc(Cl)ccc1OCCCC(=O)N/N=C/c1ccc(OCc2ccccc2)cc1. The van der Waals surface area contributed by atoms with Crippen LogP contribution in [0.2, 0.25) is 5.02 Å². The van der Waals surface area contributed by atoms with Gasteiger partial charge in [-0.1, -0.05) is 41.9 Å². The lowest BCUT2D eigenvalue weighted by Crippen LogP contribution is -2.18. The first kappa shape index (κ1) is 22.4. The third kappa shape index (κ3) is 7.79. The highest BCUT2D eigenvalue weighted by Crippen LogP contribution is 2.22. The second-order valence-corrected chi connectivity index (χ2v) is 7.43. The molecule has 0 bridgehead atoms. The van der Waals surface area contributed by atoms with E-state index in [1.54, 1.807) is 12.3 Å². The van der Waals surface area contributed by atoms with Crippen LogP contribution in [0.25, 0.3) is 0 Å². The minimum atomic E-state index is -0.157. The van der Waals surface area contributed by atoms with Gasteiger partial charge in [-0.05, 0) is 72.5 Å². The maximum absolute atomic E-state index is 11.9. The highest BCUT2D eigenvalue weighted by atomic mass is 35.5. The minimum absolute atomic E-state index is 0.157. The number of rotatable bonds is 10. The van der Waals surface area contributed by atoms with Gasteiger partial charge in [0.05, 0.1) is 12.8 Å². The van der Waals surface area contributed by atoms with Crippen molar-refractivity contribution < 1.29 is 14.3 Å². The predicted octanol–water partition coefficient (Wildman–Crippen LogP) is 5.54. The standard InChI is InChI=1S/C25H25ClN2O3/c1-19-16-22(26)11-14-24(19)30-15-5-8-25(29)28-27-17-20-9-12-23(13-10-20)31-18-21-6-3-2-4-7-21/h2-4,6-7,9-14,16-17H,5,8,15,18H2,1H3,(H,28,29)/b27-17+. The van der Waals surface area contributed by atoms with Gasteiger partial charge < -0.3 is 9.47 Å². The third-order valence-corrected chi connectivity index (χ3v) is 4.71. The third-order valence-electron chi connectivity index (χ3n) is 4.47. The van der Waals surface area contributed by atoms with Gasteiger partial charge in [0, 0.05) is 11.4 Å². The maximum atomic E-state index is 11.9. The van der Waals surface area contributed by atoms with Gasteiger partial charge in [0.15, 0.2) is 0 Å². The summed E-state index contributed by atoms with van der Waals surface area (Å²) in [4.78, 5) is 11.9. The number of nitrogens with one attached hydrogen (secondary N) is 1. The number of amides is 1. The number of carbonyl (C=O) groups excluding carboxylic acids is 1. The number of ether oxygens (including phenoxy) is 2. The normalized spacial score (nSPS) is 10.8. The second kappa shape index (κ2) is 11.8. The first-order chi connectivity index (χ1) is 15.1. The van der Waals surface area contributed by atoms with E-state index in [4.69, 9.17) is 21.1 Å². The summed E-state index contributed by atoms with van der Waals surface area (Å²) in [5, 5.41) is 4.68. The minimum Gasteiger partial charge on any atom is -0.493 e. The number of carbonyl (C=O) groups is 1. The van der Waals surface area contributed by atoms with Gasteiger partial charge in [0.2, 0.25) is 5.91 Å². The van der Waals surface area contributed by atoms with Gasteiger partial charge in [-0.2, -0.15) is 5.10 Å². The number of hydrogen-bond acceptors (Lipinski definition) is 4. The van der Waals surface area contributed by atoms with Crippen molar-refractivity contribution in [2.75, 3.05) is 6.61 Å². The van der Waals surface area contributed by atoms with Crippen LogP contribution in [-0.4, -0.2) is 18.7 Å². The lowest BCUT2D eigenvalue weighted by Gasteiger charge is -2.08. The number of hydrogen-bond donors (Lipinski definition) is 1. The van der Waals surface area contributed by atoms with E-state index in [1.165, 1.54) is 0 Å². The number of aryl methyl sites for hydroxylation is 1. The monoisotopic (exact) mass is 436 g/mol. The van der Waals surface area contributed by atoms with Gasteiger partial charge in [0.1, 0.15) is 18.1 Å². The molecule has 3 aromatic rings. The van der Waals surface area contributed by atoms with Crippen LogP contribution < -0.4 is 14.9 Å². The van der Waals surface area contributed by atoms with Crippen molar-refractivity contribution in [3.05, 3.63) is 94.5 Å². The van der Waals surface area contributed by atoms with Crippen molar-refractivity contribution in [2.24, 2.45) is 5.10 Å². The summed E-state index contributed by atoms with van der Waals surface area (Å²) in [6.45, 7) is 2.90. The van der Waals surface area contributed by atoms with Gasteiger partial charge in [-0.3, -0.25) is 4.79 Å². The molecule has 1 N–H and O–H groups in total. The van der Waals surface area contributed by atoms with E-state index in [1.807, 2.05) is 73.7 Å². The Labute approximate surface area is 187 Å². The average molecular weight is 437 g/mol. The fourth-order valence-corrected chi connectivity index (χ4v) is 3.04. The highest BCUT2D eigenvalue weighted by molar-refractivity contribution is 6.30. The smallest absolute Gasteiger partial charge is 0.240 e. The van der Waals surface area contributed by atoms with Crippen molar-refractivity contribution in [3.8, 4) is 11.5 Å². The Morgan fingerprint density at radius 1 is 1.03 bits per heavy atom. The van der Waals surface area contributed by atoms with Crippen LogP contribution >= 0.6 is 11.6 Å². The summed E-state index contributed by atoms with van der Waals surface area (Å²) in [5.74, 6) is 1.40. The molecule has 6 heteroatoms. The molecule has 0 heterocycles. The Bertz CT molecular complexity index is 1010. The zero-order valence-electron chi connectivity index (χ0n) is 17.4. The molecular weight excluding hydrogens is 412 g/mol. The molecule has 3 rings (SSSR count). The lowest BCUT2D eigenvalue weighted by molar-refractivity contribution is -0.121. The van der Waals surface area contributed by atoms with Crippen LogP contribution in [0, 0.1) is 6.92 Å². The van der Waals surface area contributed by atoms with Crippen LogP contribution in [0.3, 0.4) is 0 Å². The molecule has 0 atom stereocenters. The first-order valence-corrected chi connectivity index (χ1v) is 10.5. The highest BCUT2D eigenvalue weighted by Gasteiger charge is 2.03. The molecule has 3 aromatic carbocycles. The molecule has 1 amide bonds. The van der Waals surface area contributed by atoms with E-state index >= 15 is 0 Å². The molecule has 0 spiro atoms. The van der Waals surface area contributed by atoms with Crippen molar-refractivity contribution in [1.29, 1.82) is 0 Å². The van der Waals surface area contributed by atoms with Crippen LogP contribution in [-0.2, 0) is 11.4 Å². The summed E-state index contributed by atoms with van der Waals surface area (Å²) >= 11 is 5.93. The van der Waals surface area contributed by atoms with Gasteiger partial charge in [-0.25, -0.2) is 5.43 Å². The Morgan fingerprint density at radius 2 is 1.81 bits per heavy atom. The molecule has 0 saturated heterocycles. The van der Waals surface area contributed by atoms with Crippen LogP contribution in [0.15, 0.2) is 77.9 Å². The molecule has 0 radical (unpaired) electrons. The molecule has 0 aromatic heterocycles. The average Bonchev–Trinajstić information content (AvgIpc) is 2.78. The van der Waals surface area contributed by atoms with Crippen molar-refractivity contribution >= 4 is 23.7 Å². The zero-order valence-corrected chi connectivity index (χ0v) is 18.1. The number of hydrazone groups is 1. The van der Waals surface area contributed by atoms with Crippen LogP contribution in [0.4, 0.5) is 0 Å². The van der Waals surface area contributed by atoms with Crippen LogP contribution in [0.5, 0.6) is 11.5 Å². The quantitative estimate of drug-likeness (QED) is 0.258. The molecule has 0 aliphatic carbocycles. The molecule has 31 heavy (non-hydrogen) atoms. The zero-order chi connectivity index (χ0) is 21.9. The van der Waals surface area contributed by atoms with E-state index in [-0.39, 0.29) is 5.91 Å². The number of halogens is 1. The fourth-order valence-electron chi connectivity index (χ4n) is 2.82. The summed E-state index contributed by atoms with van der Waals surface area (Å²) < 4.78 is 11.4. The number of benzene rings is 3. The van der Waals surface area contributed by atoms with E-state index in [9.17, 15) is 4.79 Å². The molecular formula is C25H25ClN2O3. The maximum Gasteiger partial charge on any atom is 0.240 e. The first-order valence-electron chi connectivity index (χ1n) is 10.1. The molecule has 0 aliphatic rings. The van der Waals surface area contributed by atoms with Crippen LogP contribution in [0.1, 0.15) is 29.5 Å². The summed E-state index contributed by atoms with van der Waals surface area (Å²) in [5.41, 5.74) is 5.49. The van der Waals surface area contributed by atoms with E-state index in [0.717, 1.165) is 28.2 Å². The molecule has 0 saturated carbocycles. The Morgan fingerprint density at radius 3 is 2.55 bits per heavy atom. The summed E-state index contributed by atoms with van der Waals surface area (Å²) in [6, 6.07) is 23.0. The summed E-state index contributed by atoms with van der Waals surface area (Å²) in [6.07, 6.45) is 2.53. The van der Waals surface area contributed by atoms with E-state index in [2.05, 4.69) is 10.5 Å². The predicted molar refractivity (Wildman–Crippen MR) is 124 cm³/mol. The Balaban J connectivity index is 1.34. The summed E-state index contributed by atoms with van der Waals surface area (Å²) in [7, 11) is 0. The fraction of sp³-hybridized carbons (Fsp3) is 0.200. The van der Waals surface area contributed by atoms with Gasteiger partial charge >= 0.3 is 0 Å². The topological polar surface area (TPSA) is 59.9 Å².